The largest absolute Gasteiger partial charge is 0.348 e. The van der Waals surface area contributed by atoms with Crippen molar-refractivity contribution < 1.29 is 4.79 Å². The lowest BCUT2D eigenvalue weighted by Crippen LogP contribution is -2.48. The van der Waals surface area contributed by atoms with Crippen LogP contribution in [0.15, 0.2) is 0 Å². The number of likely N-dealkylation sites (tertiary alicyclic amines) is 1. The first-order valence-electron chi connectivity index (χ1n) is 10.9. The highest BCUT2D eigenvalue weighted by Gasteiger charge is 2.55. The van der Waals surface area contributed by atoms with Gasteiger partial charge in [-0.2, -0.15) is 0 Å². The maximum atomic E-state index is 13.3. The minimum atomic E-state index is -0.260. The zero-order valence-corrected chi connectivity index (χ0v) is 16.3. The fourth-order valence-corrected chi connectivity index (χ4v) is 5.84. The summed E-state index contributed by atoms with van der Waals surface area (Å²) in [7, 11) is 0. The topological polar surface area (TPSA) is 75.1 Å². The molecule has 1 amide bonds. The molecule has 1 aromatic rings. The predicted octanol–water partition coefficient (Wildman–Crippen LogP) is 1.08. The van der Waals surface area contributed by atoms with Gasteiger partial charge < -0.3 is 15.2 Å². The summed E-state index contributed by atoms with van der Waals surface area (Å²) in [6.07, 6.45) is 9.95. The number of aromatic nitrogens is 3. The van der Waals surface area contributed by atoms with Gasteiger partial charge in [-0.05, 0) is 25.7 Å². The fourth-order valence-electron chi connectivity index (χ4n) is 5.84. The van der Waals surface area contributed by atoms with Gasteiger partial charge in [0.1, 0.15) is 5.82 Å². The Labute approximate surface area is 161 Å². The molecule has 2 N–H and O–H groups in total. The van der Waals surface area contributed by atoms with E-state index in [4.69, 9.17) is 0 Å². The van der Waals surface area contributed by atoms with E-state index in [1.54, 1.807) is 0 Å². The number of amides is 1. The van der Waals surface area contributed by atoms with Crippen LogP contribution >= 0.6 is 0 Å². The zero-order chi connectivity index (χ0) is 18.3. The lowest BCUT2D eigenvalue weighted by Gasteiger charge is -2.29. The second kappa shape index (κ2) is 7.17. The van der Waals surface area contributed by atoms with Crippen LogP contribution in [0.25, 0.3) is 0 Å². The number of fused-ring (bicyclic) bond motifs is 2. The number of rotatable bonds is 4. The molecule has 0 radical (unpaired) electrons. The summed E-state index contributed by atoms with van der Waals surface area (Å²) < 4.78 is 2.23. The molecule has 1 aliphatic carbocycles. The van der Waals surface area contributed by atoms with E-state index < -0.39 is 0 Å². The van der Waals surface area contributed by atoms with Crippen molar-refractivity contribution in [3.8, 4) is 0 Å². The molecule has 3 aliphatic heterocycles. The van der Waals surface area contributed by atoms with Crippen LogP contribution in [-0.4, -0.2) is 57.8 Å². The Bertz CT molecular complexity index is 697. The van der Waals surface area contributed by atoms with E-state index in [-0.39, 0.29) is 11.3 Å². The van der Waals surface area contributed by atoms with Crippen molar-refractivity contribution in [1.82, 2.24) is 30.3 Å². The van der Waals surface area contributed by atoms with E-state index in [0.717, 1.165) is 50.8 Å². The van der Waals surface area contributed by atoms with Crippen LogP contribution in [0.5, 0.6) is 0 Å². The molecule has 0 bridgehead atoms. The highest BCUT2D eigenvalue weighted by Crippen LogP contribution is 2.42. The molecular formula is C20H32N6O. The van der Waals surface area contributed by atoms with Crippen LogP contribution in [-0.2, 0) is 24.3 Å². The number of aryl methyl sites for hydroxylation is 1. The standard InChI is InChI=1S/C20H32N6O/c27-19(22-11-18-24-23-17-8-2-1-5-9-26(17)18)20-13-21-10-15(20)12-25(14-20)16-6-3-4-7-16/h15-16,21H,1-14H2,(H,22,27)/t15-,20-/m0/s1. The van der Waals surface area contributed by atoms with Gasteiger partial charge in [0, 0.05) is 51.1 Å². The first-order valence-corrected chi connectivity index (χ1v) is 10.9. The van der Waals surface area contributed by atoms with Crippen molar-refractivity contribution in [1.29, 1.82) is 0 Å². The molecule has 5 rings (SSSR count). The zero-order valence-electron chi connectivity index (χ0n) is 16.3. The van der Waals surface area contributed by atoms with Crippen LogP contribution in [0.3, 0.4) is 0 Å². The average Bonchev–Trinajstić information content (AvgIpc) is 3.41. The van der Waals surface area contributed by atoms with Gasteiger partial charge in [-0.25, -0.2) is 0 Å². The van der Waals surface area contributed by atoms with Crippen molar-refractivity contribution in [2.75, 3.05) is 26.2 Å². The molecule has 0 spiro atoms. The molecule has 1 aromatic heterocycles. The van der Waals surface area contributed by atoms with Gasteiger partial charge in [0.2, 0.25) is 5.91 Å². The van der Waals surface area contributed by atoms with E-state index in [1.807, 2.05) is 0 Å². The number of hydrogen-bond donors (Lipinski definition) is 2. The minimum Gasteiger partial charge on any atom is -0.348 e. The second-order valence-electron chi connectivity index (χ2n) is 9.03. The van der Waals surface area contributed by atoms with Gasteiger partial charge in [-0.3, -0.25) is 9.69 Å². The molecule has 0 aromatic carbocycles. The smallest absolute Gasteiger partial charge is 0.229 e. The number of nitrogens with zero attached hydrogens (tertiary/aromatic N) is 4. The summed E-state index contributed by atoms with van der Waals surface area (Å²) in [6.45, 7) is 5.26. The summed E-state index contributed by atoms with van der Waals surface area (Å²) in [4.78, 5) is 15.9. The SMILES string of the molecule is O=C(NCc1nnc2n1CCCCC2)[C@]12CNC[C@H]1CN(C1CCCC1)C2. The fraction of sp³-hybridized carbons (Fsp3) is 0.850. The lowest BCUT2D eigenvalue weighted by molar-refractivity contribution is -0.131. The summed E-state index contributed by atoms with van der Waals surface area (Å²) >= 11 is 0. The van der Waals surface area contributed by atoms with Crippen molar-refractivity contribution in [2.24, 2.45) is 11.3 Å². The number of carbonyl (C=O) groups excluding carboxylic acids is 1. The van der Waals surface area contributed by atoms with E-state index in [2.05, 4.69) is 30.3 Å². The van der Waals surface area contributed by atoms with E-state index in [0.29, 0.717) is 18.5 Å². The van der Waals surface area contributed by atoms with Gasteiger partial charge >= 0.3 is 0 Å². The van der Waals surface area contributed by atoms with E-state index in [1.165, 1.54) is 44.9 Å². The predicted molar refractivity (Wildman–Crippen MR) is 102 cm³/mol. The highest BCUT2D eigenvalue weighted by atomic mass is 16.2. The van der Waals surface area contributed by atoms with Gasteiger partial charge in [0.15, 0.2) is 5.82 Å². The third-order valence-electron chi connectivity index (χ3n) is 7.44. The molecule has 1 saturated carbocycles. The molecule has 7 nitrogen and oxygen atoms in total. The van der Waals surface area contributed by atoms with Crippen LogP contribution in [0, 0.1) is 11.3 Å². The molecule has 27 heavy (non-hydrogen) atoms. The van der Waals surface area contributed by atoms with E-state index >= 15 is 0 Å². The molecule has 4 aliphatic rings. The summed E-state index contributed by atoms with van der Waals surface area (Å²) in [5, 5.41) is 15.5. The molecule has 2 atom stereocenters. The number of hydrogen-bond acceptors (Lipinski definition) is 5. The molecular weight excluding hydrogens is 340 g/mol. The first kappa shape index (κ1) is 17.6. The molecule has 148 valence electrons. The van der Waals surface area contributed by atoms with Gasteiger partial charge in [0.25, 0.3) is 0 Å². The average molecular weight is 373 g/mol. The summed E-state index contributed by atoms with van der Waals surface area (Å²) in [5.41, 5.74) is -0.260. The maximum Gasteiger partial charge on any atom is 0.229 e. The molecule has 4 heterocycles. The molecule has 2 saturated heterocycles. The van der Waals surface area contributed by atoms with Gasteiger partial charge in [-0.1, -0.05) is 19.3 Å². The third kappa shape index (κ3) is 3.09. The summed E-state index contributed by atoms with van der Waals surface area (Å²) in [5.74, 6) is 2.66. The van der Waals surface area contributed by atoms with Gasteiger partial charge in [0.05, 0.1) is 12.0 Å². The van der Waals surface area contributed by atoms with Crippen LogP contribution < -0.4 is 10.6 Å². The highest BCUT2D eigenvalue weighted by molar-refractivity contribution is 5.84. The number of carbonyl (C=O) groups is 1. The third-order valence-corrected chi connectivity index (χ3v) is 7.44. The van der Waals surface area contributed by atoms with Gasteiger partial charge in [-0.15, -0.1) is 10.2 Å². The van der Waals surface area contributed by atoms with Crippen LogP contribution in [0.4, 0.5) is 0 Å². The Hall–Kier alpha value is -1.47. The lowest BCUT2D eigenvalue weighted by atomic mass is 9.80. The number of nitrogens with one attached hydrogen (secondary N) is 2. The Morgan fingerprint density at radius 1 is 1.19 bits per heavy atom. The molecule has 0 unspecified atom stereocenters. The van der Waals surface area contributed by atoms with Crippen LogP contribution in [0.2, 0.25) is 0 Å². The Kier molecular flexibility index (Phi) is 4.68. The first-order chi connectivity index (χ1) is 13.3. The normalized spacial score (nSPS) is 31.6. The van der Waals surface area contributed by atoms with Crippen molar-refractivity contribution in [2.45, 2.75) is 70.5 Å². The van der Waals surface area contributed by atoms with E-state index in [9.17, 15) is 4.79 Å². The van der Waals surface area contributed by atoms with Crippen molar-refractivity contribution in [3.05, 3.63) is 11.6 Å². The van der Waals surface area contributed by atoms with Crippen LogP contribution in [0.1, 0.15) is 56.6 Å². The molecule has 3 fully saturated rings. The second-order valence-corrected chi connectivity index (χ2v) is 9.03. The van der Waals surface area contributed by atoms with Crippen molar-refractivity contribution >= 4 is 5.91 Å². The van der Waals surface area contributed by atoms with Crippen molar-refractivity contribution in [3.63, 3.8) is 0 Å². The quantitative estimate of drug-likeness (QED) is 0.827. The Balaban J connectivity index is 1.27. The molecule has 7 heteroatoms. The summed E-state index contributed by atoms with van der Waals surface area (Å²) in [6, 6.07) is 0.701. The Morgan fingerprint density at radius 2 is 2.07 bits per heavy atom. The minimum absolute atomic E-state index is 0.212. The monoisotopic (exact) mass is 372 g/mol. The Morgan fingerprint density at radius 3 is 2.96 bits per heavy atom. The maximum absolute atomic E-state index is 13.3.